The molecule has 1 aliphatic rings. The molecular formula is C18H15N3O5. The molecule has 3 heterocycles. The first-order valence-corrected chi connectivity index (χ1v) is 7.97. The van der Waals surface area contributed by atoms with Gasteiger partial charge in [-0.1, -0.05) is 5.16 Å². The molecule has 0 aliphatic carbocycles. The van der Waals surface area contributed by atoms with Crippen LogP contribution in [0.25, 0.3) is 22.8 Å². The van der Waals surface area contributed by atoms with Crippen LogP contribution < -0.4 is 4.74 Å². The summed E-state index contributed by atoms with van der Waals surface area (Å²) in [6.45, 7) is -0.900. The fourth-order valence-electron chi connectivity index (χ4n) is 2.81. The van der Waals surface area contributed by atoms with E-state index in [4.69, 9.17) is 9.26 Å². The zero-order chi connectivity index (χ0) is 18.1. The van der Waals surface area contributed by atoms with Crippen LogP contribution in [0.1, 0.15) is 16.8 Å². The van der Waals surface area contributed by atoms with E-state index in [0.29, 0.717) is 22.7 Å². The molecule has 0 spiro atoms. The number of aliphatic hydroxyl groups is 2. The summed E-state index contributed by atoms with van der Waals surface area (Å²) in [5.74, 6) is 0.733. The molecule has 132 valence electrons. The first kappa shape index (κ1) is 16.4. The zero-order valence-electron chi connectivity index (χ0n) is 13.6. The average molecular weight is 353 g/mol. The molecule has 0 radical (unpaired) electrons. The minimum atomic E-state index is -1.29. The molecule has 0 unspecified atom stereocenters. The minimum Gasteiger partial charge on any atom is -0.481 e. The summed E-state index contributed by atoms with van der Waals surface area (Å²) in [7, 11) is 0. The van der Waals surface area contributed by atoms with E-state index in [1.165, 1.54) is 0 Å². The van der Waals surface area contributed by atoms with Crippen molar-refractivity contribution in [2.75, 3.05) is 13.2 Å². The van der Waals surface area contributed by atoms with Gasteiger partial charge in [0, 0.05) is 23.5 Å². The Labute approximate surface area is 148 Å². The summed E-state index contributed by atoms with van der Waals surface area (Å²) in [6.07, 6.45) is 3.17. The first-order chi connectivity index (χ1) is 12.6. The Bertz CT molecular complexity index is 950. The summed E-state index contributed by atoms with van der Waals surface area (Å²) < 4.78 is 11.0. The van der Waals surface area contributed by atoms with E-state index in [1.807, 2.05) is 6.07 Å². The maximum Gasteiger partial charge on any atom is 0.258 e. The van der Waals surface area contributed by atoms with Crippen LogP contribution >= 0.6 is 0 Å². The molecule has 8 heteroatoms. The lowest BCUT2D eigenvalue weighted by atomic mass is 9.90. The number of hydrogen-bond donors (Lipinski definition) is 2. The highest BCUT2D eigenvalue weighted by Gasteiger charge is 2.40. The summed E-state index contributed by atoms with van der Waals surface area (Å²) >= 11 is 0. The van der Waals surface area contributed by atoms with Crippen molar-refractivity contribution in [2.24, 2.45) is 0 Å². The Morgan fingerprint density at radius 1 is 1.15 bits per heavy atom. The highest BCUT2D eigenvalue weighted by atomic mass is 16.5. The predicted octanol–water partition coefficient (Wildman–Crippen LogP) is 1.49. The molecule has 0 saturated heterocycles. The Hall–Kier alpha value is -3.10. The van der Waals surface area contributed by atoms with E-state index < -0.39 is 18.8 Å². The third kappa shape index (κ3) is 2.75. The van der Waals surface area contributed by atoms with Crippen molar-refractivity contribution in [1.82, 2.24) is 15.1 Å². The zero-order valence-corrected chi connectivity index (χ0v) is 13.6. The van der Waals surface area contributed by atoms with Crippen LogP contribution in [0.4, 0.5) is 0 Å². The van der Waals surface area contributed by atoms with Gasteiger partial charge in [0.1, 0.15) is 5.75 Å². The number of benzene rings is 1. The second-order valence-electron chi connectivity index (χ2n) is 6.08. The van der Waals surface area contributed by atoms with Crippen LogP contribution in [0.5, 0.6) is 5.75 Å². The van der Waals surface area contributed by atoms with Gasteiger partial charge in [0.25, 0.3) is 5.89 Å². The fraction of sp³-hybridized carbons (Fsp3) is 0.222. The number of ketones is 1. The maximum absolute atomic E-state index is 12.5. The highest BCUT2D eigenvalue weighted by Crippen LogP contribution is 2.35. The van der Waals surface area contributed by atoms with Crippen molar-refractivity contribution in [3.05, 3.63) is 48.3 Å². The van der Waals surface area contributed by atoms with Crippen molar-refractivity contribution in [3.63, 3.8) is 0 Å². The molecule has 4 rings (SSSR count). The molecule has 0 bridgehead atoms. The SMILES string of the molecule is O=C1CC(CO)(CO)Oc2ccc(-c3nc(-c4cccnc4)no3)cc21. The molecule has 0 atom stereocenters. The summed E-state index contributed by atoms with van der Waals surface area (Å²) in [5, 5.41) is 22.8. The van der Waals surface area contributed by atoms with Gasteiger partial charge >= 0.3 is 0 Å². The predicted molar refractivity (Wildman–Crippen MR) is 89.4 cm³/mol. The van der Waals surface area contributed by atoms with Crippen LogP contribution in [-0.4, -0.2) is 49.9 Å². The number of rotatable bonds is 4. The van der Waals surface area contributed by atoms with Crippen LogP contribution in [0.2, 0.25) is 0 Å². The molecule has 0 amide bonds. The number of carbonyl (C=O) groups excluding carboxylic acids is 1. The molecule has 8 nitrogen and oxygen atoms in total. The largest absolute Gasteiger partial charge is 0.481 e. The van der Waals surface area contributed by atoms with Crippen LogP contribution in [0.3, 0.4) is 0 Å². The van der Waals surface area contributed by atoms with E-state index in [-0.39, 0.29) is 18.1 Å². The normalized spacial score (nSPS) is 15.4. The molecule has 26 heavy (non-hydrogen) atoms. The van der Waals surface area contributed by atoms with E-state index in [1.54, 1.807) is 36.7 Å². The van der Waals surface area contributed by atoms with Gasteiger partial charge < -0.3 is 19.5 Å². The molecule has 2 aromatic heterocycles. The molecular weight excluding hydrogens is 338 g/mol. The fourth-order valence-corrected chi connectivity index (χ4v) is 2.81. The van der Waals surface area contributed by atoms with Gasteiger partial charge in [-0.25, -0.2) is 0 Å². The van der Waals surface area contributed by atoms with Crippen LogP contribution in [-0.2, 0) is 0 Å². The number of pyridine rings is 1. The van der Waals surface area contributed by atoms with Gasteiger partial charge in [-0.05, 0) is 30.3 Å². The molecule has 1 aromatic carbocycles. The first-order valence-electron chi connectivity index (χ1n) is 7.97. The van der Waals surface area contributed by atoms with Gasteiger partial charge in [0.15, 0.2) is 11.4 Å². The maximum atomic E-state index is 12.5. The summed E-state index contributed by atoms with van der Waals surface area (Å²) in [4.78, 5) is 20.8. The van der Waals surface area contributed by atoms with Crippen molar-refractivity contribution < 1.29 is 24.3 Å². The molecule has 0 fully saturated rings. The van der Waals surface area contributed by atoms with Gasteiger partial charge in [-0.15, -0.1) is 0 Å². The monoisotopic (exact) mass is 353 g/mol. The highest BCUT2D eigenvalue weighted by molar-refractivity contribution is 6.01. The Balaban J connectivity index is 1.68. The topological polar surface area (TPSA) is 119 Å². The Morgan fingerprint density at radius 2 is 2.00 bits per heavy atom. The number of fused-ring (bicyclic) bond motifs is 1. The standard InChI is InChI=1S/C18H15N3O5/c22-9-18(10-23)7-14(24)13-6-11(3-4-15(13)25-18)17-20-16(21-26-17)12-2-1-5-19-8-12/h1-6,8,22-23H,7,9-10H2. The van der Waals surface area contributed by atoms with Gasteiger partial charge in [-0.2, -0.15) is 4.98 Å². The second-order valence-corrected chi connectivity index (χ2v) is 6.08. The minimum absolute atomic E-state index is 0.110. The van der Waals surface area contributed by atoms with Crippen molar-refractivity contribution in [3.8, 4) is 28.6 Å². The smallest absolute Gasteiger partial charge is 0.258 e. The van der Waals surface area contributed by atoms with Crippen molar-refractivity contribution >= 4 is 5.78 Å². The van der Waals surface area contributed by atoms with E-state index in [2.05, 4.69) is 15.1 Å². The number of hydrogen-bond acceptors (Lipinski definition) is 8. The van der Waals surface area contributed by atoms with E-state index in [9.17, 15) is 15.0 Å². The van der Waals surface area contributed by atoms with E-state index in [0.717, 1.165) is 5.56 Å². The molecule has 1 aliphatic heterocycles. The molecule has 0 saturated carbocycles. The van der Waals surface area contributed by atoms with Crippen molar-refractivity contribution in [1.29, 1.82) is 0 Å². The van der Waals surface area contributed by atoms with Crippen molar-refractivity contribution in [2.45, 2.75) is 12.0 Å². The van der Waals surface area contributed by atoms with Gasteiger partial charge in [0.05, 0.1) is 25.2 Å². The Kier molecular flexibility index (Phi) is 3.98. The lowest BCUT2D eigenvalue weighted by molar-refractivity contribution is -0.0403. The Morgan fingerprint density at radius 3 is 2.73 bits per heavy atom. The van der Waals surface area contributed by atoms with Gasteiger partial charge in [-0.3, -0.25) is 9.78 Å². The third-order valence-corrected chi connectivity index (χ3v) is 4.26. The average Bonchev–Trinajstić information content (AvgIpc) is 3.18. The van der Waals surface area contributed by atoms with Crippen LogP contribution in [0, 0.1) is 0 Å². The summed E-state index contributed by atoms with van der Waals surface area (Å²) in [5.41, 5.74) is 0.351. The number of aliphatic hydroxyl groups excluding tert-OH is 2. The lowest BCUT2D eigenvalue weighted by Crippen LogP contribution is -2.48. The van der Waals surface area contributed by atoms with Crippen LogP contribution in [0.15, 0.2) is 47.2 Å². The second kappa shape index (κ2) is 6.32. The number of carbonyl (C=O) groups is 1. The summed E-state index contributed by atoms with van der Waals surface area (Å²) in [6, 6.07) is 8.47. The quantitative estimate of drug-likeness (QED) is 0.724. The molecule has 2 N–H and O–H groups in total. The lowest BCUT2D eigenvalue weighted by Gasteiger charge is -2.34. The number of ether oxygens (including phenoxy) is 1. The van der Waals surface area contributed by atoms with Gasteiger partial charge in [0.2, 0.25) is 5.82 Å². The number of Topliss-reactive ketones (excluding diaryl/α,β-unsaturated/α-hetero) is 1. The van der Waals surface area contributed by atoms with E-state index >= 15 is 0 Å². The number of nitrogens with zero attached hydrogens (tertiary/aromatic N) is 3. The third-order valence-electron chi connectivity index (χ3n) is 4.26. The number of aromatic nitrogens is 3. The molecule has 3 aromatic rings.